The van der Waals surface area contributed by atoms with Crippen LogP contribution in [-0.2, 0) is 9.59 Å². The van der Waals surface area contributed by atoms with Gasteiger partial charge in [-0.2, -0.15) is 11.8 Å². The highest BCUT2D eigenvalue weighted by Crippen LogP contribution is 2.24. The summed E-state index contributed by atoms with van der Waals surface area (Å²) < 4.78 is 0. The maximum atomic E-state index is 11.9. The Morgan fingerprint density at radius 3 is 2.21 bits per heavy atom. The molecule has 1 saturated heterocycles. The van der Waals surface area contributed by atoms with Crippen LogP contribution in [0.15, 0.2) is 0 Å². The van der Waals surface area contributed by atoms with Crippen molar-refractivity contribution < 1.29 is 24.6 Å². The fraction of sp³-hybridized carbons (Fsp3) is 0.727. The molecule has 0 saturated carbocycles. The average molecular weight is 290 g/mol. The van der Waals surface area contributed by atoms with Gasteiger partial charge >= 0.3 is 18.0 Å². The molecular weight excluding hydrogens is 272 g/mol. The number of carboxylic acids is 2. The van der Waals surface area contributed by atoms with Crippen LogP contribution < -0.4 is 5.32 Å². The van der Waals surface area contributed by atoms with Gasteiger partial charge in [0.15, 0.2) is 0 Å². The SMILES string of the molecule is CC1CN(C(=O)N[C@@H](CC(=O)O)C(=O)O)CC(C)S1. The second kappa shape index (κ2) is 6.65. The lowest BCUT2D eigenvalue weighted by Gasteiger charge is -2.35. The second-order valence-electron chi connectivity index (χ2n) is 4.60. The van der Waals surface area contributed by atoms with Crippen LogP contribution in [0.3, 0.4) is 0 Å². The van der Waals surface area contributed by atoms with Crippen LogP contribution in [0.25, 0.3) is 0 Å². The first-order valence-corrected chi connectivity index (χ1v) is 6.89. The van der Waals surface area contributed by atoms with Gasteiger partial charge in [-0.1, -0.05) is 13.8 Å². The summed E-state index contributed by atoms with van der Waals surface area (Å²) in [5, 5.41) is 20.3. The Hall–Kier alpha value is -1.44. The van der Waals surface area contributed by atoms with Gasteiger partial charge in [0.1, 0.15) is 6.04 Å². The minimum absolute atomic E-state index is 0.275. The Bertz CT molecular complexity index is 366. The summed E-state index contributed by atoms with van der Waals surface area (Å²) in [4.78, 5) is 34.9. The van der Waals surface area contributed by atoms with Gasteiger partial charge in [-0.15, -0.1) is 0 Å². The van der Waals surface area contributed by atoms with Crippen molar-refractivity contribution in [1.29, 1.82) is 0 Å². The van der Waals surface area contributed by atoms with E-state index >= 15 is 0 Å². The van der Waals surface area contributed by atoms with Crippen LogP contribution >= 0.6 is 11.8 Å². The number of rotatable bonds is 4. The molecule has 108 valence electrons. The van der Waals surface area contributed by atoms with Gasteiger partial charge in [0.2, 0.25) is 0 Å². The summed E-state index contributed by atoms with van der Waals surface area (Å²) in [6, 6.07) is -1.92. The highest BCUT2D eigenvalue weighted by Gasteiger charge is 2.29. The molecule has 8 heteroatoms. The number of nitrogens with zero attached hydrogens (tertiary/aromatic N) is 1. The van der Waals surface area contributed by atoms with E-state index in [0.717, 1.165) is 0 Å². The molecular formula is C11H18N2O5S. The fourth-order valence-corrected chi connectivity index (χ4v) is 3.28. The van der Waals surface area contributed by atoms with E-state index in [1.165, 1.54) is 4.90 Å². The third kappa shape index (κ3) is 4.98. The lowest BCUT2D eigenvalue weighted by Crippen LogP contribution is -2.53. The third-order valence-electron chi connectivity index (χ3n) is 2.68. The number of nitrogens with one attached hydrogen (secondary N) is 1. The lowest BCUT2D eigenvalue weighted by atomic mass is 10.2. The highest BCUT2D eigenvalue weighted by molar-refractivity contribution is 8.00. The van der Waals surface area contributed by atoms with Gasteiger partial charge < -0.3 is 20.4 Å². The second-order valence-corrected chi connectivity index (χ2v) is 6.48. The molecule has 0 aromatic rings. The van der Waals surface area contributed by atoms with Crippen molar-refractivity contribution in [2.45, 2.75) is 36.8 Å². The molecule has 0 bridgehead atoms. The lowest BCUT2D eigenvalue weighted by molar-refractivity contribution is -0.145. The summed E-state index contributed by atoms with van der Waals surface area (Å²) >= 11 is 1.77. The molecule has 3 N–H and O–H groups in total. The van der Waals surface area contributed by atoms with Crippen LogP contribution in [0, 0.1) is 0 Å². The van der Waals surface area contributed by atoms with E-state index in [-0.39, 0.29) is 10.5 Å². The molecule has 0 radical (unpaired) electrons. The van der Waals surface area contributed by atoms with Gasteiger partial charge in [-0.25, -0.2) is 9.59 Å². The smallest absolute Gasteiger partial charge is 0.326 e. The molecule has 1 heterocycles. The Balaban J connectivity index is 2.61. The number of thioether (sulfide) groups is 1. The van der Waals surface area contributed by atoms with Gasteiger partial charge in [0.05, 0.1) is 6.42 Å². The molecule has 3 atom stereocenters. The van der Waals surface area contributed by atoms with Crippen molar-refractivity contribution in [3.05, 3.63) is 0 Å². The van der Waals surface area contributed by atoms with Crippen molar-refractivity contribution in [1.82, 2.24) is 10.2 Å². The molecule has 1 aliphatic heterocycles. The fourth-order valence-electron chi connectivity index (χ4n) is 1.96. The van der Waals surface area contributed by atoms with Crippen molar-refractivity contribution in [3.8, 4) is 0 Å². The van der Waals surface area contributed by atoms with Crippen molar-refractivity contribution in [3.63, 3.8) is 0 Å². The molecule has 1 fully saturated rings. The van der Waals surface area contributed by atoms with Crippen LogP contribution in [0.4, 0.5) is 4.79 Å². The van der Waals surface area contributed by atoms with E-state index in [0.29, 0.717) is 13.1 Å². The standard InChI is InChI=1S/C11H18N2O5S/c1-6-4-13(5-7(2)19-6)11(18)12-8(10(16)17)3-9(14)15/h6-8H,3-5H2,1-2H3,(H,12,18)(H,14,15)(H,16,17)/t6?,7?,8-/m0/s1. The number of carbonyl (C=O) groups excluding carboxylic acids is 1. The Morgan fingerprint density at radius 2 is 1.79 bits per heavy atom. The van der Waals surface area contributed by atoms with Gasteiger partial charge in [0.25, 0.3) is 0 Å². The Labute approximate surface area is 115 Å². The first-order chi connectivity index (χ1) is 8.79. The van der Waals surface area contributed by atoms with Gasteiger partial charge in [0, 0.05) is 23.6 Å². The minimum atomic E-state index is -1.40. The van der Waals surface area contributed by atoms with E-state index in [2.05, 4.69) is 5.32 Å². The van der Waals surface area contributed by atoms with E-state index < -0.39 is 30.4 Å². The minimum Gasteiger partial charge on any atom is -0.481 e. The van der Waals surface area contributed by atoms with Crippen molar-refractivity contribution in [2.75, 3.05) is 13.1 Å². The average Bonchev–Trinajstić information content (AvgIpc) is 2.25. The molecule has 0 aromatic carbocycles. The molecule has 1 aliphatic rings. The summed E-state index contributed by atoms with van der Waals surface area (Å²) in [6.07, 6.45) is -0.630. The predicted octanol–water partition coefficient (Wildman–Crippen LogP) is 0.450. The number of urea groups is 1. The van der Waals surface area contributed by atoms with Crippen LogP contribution in [0.5, 0.6) is 0 Å². The number of carbonyl (C=O) groups is 3. The molecule has 0 aromatic heterocycles. The number of aliphatic carboxylic acids is 2. The van der Waals surface area contributed by atoms with E-state index in [1.54, 1.807) is 11.8 Å². The Kier molecular flexibility index (Phi) is 5.46. The Morgan fingerprint density at radius 1 is 1.26 bits per heavy atom. The van der Waals surface area contributed by atoms with Crippen molar-refractivity contribution in [2.24, 2.45) is 0 Å². The van der Waals surface area contributed by atoms with Gasteiger partial charge in [-0.05, 0) is 0 Å². The molecule has 0 spiro atoms. The molecule has 1 rings (SSSR count). The number of hydrogen-bond acceptors (Lipinski definition) is 4. The zero-order chi connectivity index (χ0) is 14.6. The molecule has 0 aliphatic carbocycles. The maximum Gasteiger partial charge on any atom is 0.326 e. The van der Waals surface area contributed by atoms with E-state index in [1.807, 2.05) is 13.8 Å². The van der Waals surface area contributed by atoms with Crippen molar-refractivity contribution >= 4 is 29.7 Å². The molecule has 7 nitrogen and oxygen atoms in total. The summed E-state index contributed by atoms with van der Waals surface area (Å²) in [6.45, 7) is 5.04. The third-order valence-corrected chi connectivity index (χ3v) is 3.91. The zero-order valence-corrected chi connectivity index (χ0v) is 11.6. The predicted molar refractivity (Wildman–Crippen MR) is 70.3 cm³/mol. The number of carboxylic acid groups (broad SMARTS) is 2. The quantitative estimate of drug-likeness (QED) is 0.694. The van der Waals surface area contributed by atoms with Gasteiger partial charge in [-0.3, -0.25) is 4.79 Å². The summed E-state index contributed by atoms with van der Waals surface area (Å²) in [7, 11) is 0. The summed E-state index contributed by atoms with van der Waals surface area (Å²) in [5.74, 6) is -2.60. The monoisotopic (exact) mass is 290 g/mol. The summed E-state index contributed by atoms with van der Waals surface area (Å²) in [5.41, 5.74) is 0. The van der Waals surface area contributed by atoms with E-state index in [9.17, 15) is 14.4 Å². The molecule has 2 amide bonds. The highest BCUT2D eigenvalue weighted by atomic mass is 32.2. The normalized spacial score (nSPS) is 24.6. The number of hydrogen-bond donors (Lipinski definition) is 3. The maximum absolute atomic E-state index is 11.9. The first-order valence-electron chi connectivity index (χ1n) is 5.95. The molecule has 19 heavy (non-hydrogen) atoms. The number of amides is 2. The van der Waals surface area contributed by atoms with E-state index in [4.69, 9.17) is 10.2 Å². The van der Waals surface area contributed by atoms with Crippen LogP contribution in [0.1, 0.15) is 20.3 Å². The zero-order valence-electron chi connectivity index (χ0n) is 10.8. The van der Waals surface area contributed by atoms with Crippen LogP contribution in [-0.4, -0.2) is 62.7 Å². The largest absolute Gasteiger partial charge is 0.481 e. The first kappa shape index (κ1) is 15.6. The molecule has 2 unspecified atom stereocenters. The topological polar surface area (TPSA) is 107 Å². The van der Waals surface area contributed by atoms with Crippen LogP contribution in [0.2, 0.25) is 0 Å².